The second-order valence-corrected chi connectivity index (χ2v) is 6.04. The van der Waals surface area contributed by atoms with Crippen molar-refractivity contribution >= 4 is 17.3 Å². The molecule has 0 N–H and O–H groups in total. The summed E-state index contributed by atoms with van der Waals surface area (Å²) in [6, 6.07) is 21.6. The van der Waals surface area contributed by atoms with Crippen LogP contribution in [0.3, 0.4) is 0 Å². The van der Waals surface area contributed by atoms with Crippen molar-refractivity contribution in [1.29, 1.82) is 0 Å². The fourth-order valence-corrected chi connectivity index (χ4v) is 3.10. The third-order valence-corrected chi connectivity index (χ3v) is 4.47. The Balaban J connectivity index is 1.74. The standard InChI is InChI=1S/C19H16O3S/c1-21-19(20)18-11-10-17(23-18)15-8-5-9-16(12-15)22-13-14-6-3-2-4-7-14/h2-12H,13H2,1H3. The first-order valence-electron chi connectivity index (χ1n) is 7.21. The molecule has 0 amide bonds. The van der Waals surface area contributed by atoms with Crippen molar-refractivity contribution in [2.75, 3.05) is 7.11 Å². The third-order valence-electron chi connectivity index (χ3n) is 3.36. The highest BCUT2D eigenvalue weighted by molar-refractivity contribution is 7.17. The molecular weight excluding hydrogens is 308 g/mol. The molecule has 3 aromatic rings. The monoisotopic (exact) mass is 324 g/mol. The van der Waals surface area contributed by atoms with Crippen LogP contribution < -0.4 is 4.74 Å². The summed E-state index contributed by atoms with van der Waals surface area (Å²) in [4.78, 5) is 13.2. The SMILES string of the molecule is COC(=O)c1ccc(-c2cccc(OCc3ccccc3)c2)s1. The van der Waals surface area contributed by atoms with E-state index in [2.05, 4.69) is 0 Å². The van der Waals surface area contributed by atoms with Crippen molar-refractivity contribution in [2.24, 2.45) is 0 Å². The van der Waals surface area contributed by atoms with Crippen LogP contribution in [-0.4, -0.2) is 13.1 Å². The molecule has 0 unspecified atom stereocenters. The van der Waals surface area contributed by atoms with Crippen LogP contribution in [0.1, 0.15) is 15.2 Å². The van der Waals surface area contributed by atoms with E-state index in [1.54, 1.807) is 6.07 Å². The largest absolute Gasteiger partial charge is 0.489 e. The van der Waals surface area contributed by atoms with Crippen LogP contribution in [0, 0.1) is 0 Å². The number of hydrogen-bond donors (Lipinski definition) is 0. The number of thiophene rings is 1. The fourth-order valence-electron chi connectivity index (χ4n) is 2.18. The molecule has 4 heteroatoms. The average Bonchev–Trinajstić information content (AvgIpc) is 3.11. The summed E-state index contributed by atoms with van der Waals surface area (Å²) in [5.74, 6) is 0.497. The van der Waals surface area contributed by atoms with E-state index >= 15 is 0 Å². The lowest BCUT2D eigenvalue weighted by molar-refractivity contribution is 0.0606. The molecule has 116 valence electrons. The second kappa shape index (κ2) is 7.11. The summed E-state index contributed by atoms with van der Waals surface area (Å²) in [6.07, 6.45) is 0. The minimum atomic E-state index is -0.308. The second-order valence-electron chi connectivity index (χ2n) is 4.96. The molecule has 0 atom stereocenters. The van der Waals surface area contributed by atoms with Gasteiger partial charge in [-0.05, 0) is 35.4 Å². The molecule has 0 radical (unpaired) electrons. The highest BCUT2D eigenvalue weighted by Crippen LogP contribution is 2.30. The van der Waals surface area contributed by atoms with Gasteiger partial charge in [0.2, 0.25) is 0 Å². The Hall–Kier alpha value is -2.59. The average molecular weight is 324 g/mol. The molecule has 3 rings (SSSR count). The molecule has 0 aliphatic heterocycles. The number of esters is 1. The highest BCUT2D eigenvalue weighted by atomic mass is 32.1. The summed E-state index contributed by atoms with van der Waals surface area (Å²) in [5.41, 5.74) is 2.15. The first-order valence-corrected chi connectivity index (χ1v) is 8.03. The van der Waals surface area contributed by atoms with Crippen LogP contribution in [-0.2, 0) is 11.3 Å². The molecule has 1 aromatic heterocycles. The van der Waals surface area contributed by atoms with Gasteiger partial charge in [0.1, 0.15) is 17.2 Å². The van der Waals surface area contributed by atoms with Crippen molar-refractivity contribution in [3.63, 3.8) is 0 Å². The molecule has 0 saturated carbocycles. The summed E-state index contributed by atoms with van der Waals surface area (Å²) < 4.78 is 10.6. The van der Waals surface area contributed by atoms with Crippen LogP contribution in [0.25, 0.3) is 10.4 Å². The Kier molecular flexibility index (Phi) is 4.74. The molecule has 2 aromatic carbocycles. The Morgan fingerprint density at radius 3 is 2.61 bits per heavy atom. The topological polar surface area (TPSA) is 35.5 Å². The lowest BCUT2D eigenvalue weighted by Gasteiger charge is -2.07. The number of hydrogen-bond acceptors (Lipinski definition) is 4. The maximum absolute atomic E-state index is 11.5. The van der Waals surface area contributed by atoms with Gasteiger partial charge >= 0.3 is 5.97 Å². The summed E-state index contributed by atoms with van der Waals surface area (Å²) in [7, 11) is 1.39. The van der Waals surface area contributed by atoms with Crippen LogP contribution >= 0.6 is 11.3 Å². The van der Waals surface area contributed by atoms with Crippen LogP contribution in [0.15, 0.2) is 66.7 Å². The Labute approximate surface area is 139 Å². The molecule has 0 saturated heterocycles. The maximum Gasteiger partial charge on any atom is 0.348 e. The van der Waals surface area contributed by atoms with E-state index in [9.17, 15) is 4.79 Å². The molecule has 0 aliphatic rings. The summed E-state index contributed by atoms with van der Waals surface area (Å²) >= 11 is 1.41. The van der Waals surface area contributed by atoms with Crippen LogP contribution in [0.4, 0.5) is 0 Å². The van der Waals surface area contributed by atoms with E-state index in [1.807, 2.05) is 60.7 Å². The van der Waals surface area contributed by atoms with Gasteiger partial charge in [0.25, 0.3) is 0 Å². The van der Waals surface area contributed by atoms with Crippen molar-refractivity contribution in [2.45, 2.75) is 6.61 Å². The van der Waals surface area contributed by atoms with Gasteiger partial charge in [0.15, 0.2) is 0 Å². The van der Waals surface area contributed by atoms with Gasteiger partial charge in [-0.3, -0.25) is 0 Å². The Morgan fingerprint density at radius 1 is 1.00 bits per heavy atom. The zero-order valence-electron chi connectivity index (χ0n) is 12.7. The van der Waals surface area contributed by atoms with Crippen molar-refractivity contribution in [3.8, 4) is 16.2 Å². The predicted octanol–water partition coefficient (Wildman–Crippen LogP) is 4.78. The predicted molar refractivity (Wildman–Crippen MR) is 91.9 cm³/mol. The number of rotatable bonds is 5. The van der Waals surface area contributed by atoms with Gasteiger partial charge in [-0.1, -0.05) is 42.5 Å². The first-order chi connectivity index (χ1) is 11.3. The lowest BCUT2D eigenvalue weighted by Crippen LogP contribution is -1.96. The fraction of sp³-hybridized carbons (Fsp3) is 0.105. The van der Waals surface area contributed by atoms with Gasteiger partial charge in [-0.25, -0.2) is 4.79 Å². The number of ether oxygens (including phenoxy) is 2. The lowest BCUT2D eigenvalue weighted by atomic mass is 10.2. The number of methoxy groups -OCH3 is 1. The number of carbonyl (C=O) groups is 1. The smallest absolute Gasteiger partial charge is 0.348 e. The van der Waals surface area contributed by atoms with Crippen LogP contribution in [0.2, 0.25) is 0 Å². The van der Waals surface area contributed by atoms with E-state index in [-0.39, 0.29) is 5.97 Å². The normalized spacial score (nSPS) is 10.3. The Morgan fingerprint density at radius 2 is 1.83 bits per heavy atom. The van der Waals surface area contributed by atoms with E-state index in [0.29, 0.717) is 11.5 Å². The van der Waals surface area contributed by atoms with Gasteiger partial charge in [0, 0.05) is 4.88 Å². The molecule has 0 bridgehead atoms. The highest BCUT2D eigenvalue weighted by Gasteiger charge is 2.10. The minimum absolute atomic E-state index is 0.308. The molecule has 3 nitrogen and oxygen atoms in total. The van der Waals surface area contributed by atoms with Gasteiger partial charge in [-0.15, -0.1) is 11.3 Å². The van der Waals surface area contributed by atoms with E-state index in [0.717, 1.165) is 21.8 Å². The third kappa shape index (κ3) is 3.79. The zero-order valence-corrected chi connectivity index (χ0v) is 13.5. The van der Waals surface area contributed by atoms with Gasteiger partial charge in [-0.2, -0.15) is 0 Å². The molecule has 0 fully saturated rings. The van der Waals surface area contributed by atoms with Gasteiger partial charge < -0.3 is 9.47 Å². The van der Waals surface area contributed by atoms with Crippen LogP contribution in [0.5, 0.6) is 5.75 Å². The summed E-state index contributed by atoms with van der Waals surface area (Å²) in [5, 5.41) is 0. The van der Waals surface area contributed by atoms with Crippen molar-refractivity contribution in [1.82, 2.24) is 0 Å². The number of benzene rings is 2. The molecule has 1 heterocycles. The molecular formula is C19H16O3S. The Bertz CT molecular complexity index is 793. The van der Waals surface area contributed by atoms with E-state index in [4.69, 9.17) is 9.47 Å². The summed E-state index contributed by atoms with van der Waals surface area (Å²) in [6.45, 7) is 0.530. The van der Waals surface area contributed by atoms with Crippen molar-refractivity contribution in [3.05, 3.63) is 77.2 Å². The van der Waals surface area contributed by atoms with E-state index in [1.165, 1.54) is 18.4 Å². The number of carbonyl (C=O) groups excluding carboxylic acids is 1. The van der Waals surface area contributed by atoms with Gasteiger partial charge in [0.05, 0.1) is 7.11 Å². The van der Waals surface area contributed by atoms with Crippen molar-refractivity contribution < 1.29 is 14.3 Å². The maximum atomic E-state index is 11.5. The minimum Gasteiger partial charge on any atom is -0.489 e. The molecule has 0 aliphatic carbocycles. The van der Waals surface area contributed by atoms with E-state index < -0.39 is 0 Å². The molecule has 23 heavy (non-hydrogen) atoms. The quantitative estimate of drug-likeness (QED) is 0.634. The first kappa shape index (κ1) is 15.3. The molecule has 0 spiro atoms. The zero-order chi connectivity index (χ0) is 16.1.